The van der Waals surface area contributed by atoms with Gasteiger partial charge in [-0.3, -0.25) is 0 Å². The van der Waals surface area contributed by atoms with Crippen LogP contribution in [0.15, 0.2) is 63.0 Å². The van der Waals surface area contributed by atoms with Crippen molar-refractivity contribution in [1.82, 2.24) is 15.1 Å². The molecule has 0 atom stereocenters. The Bertz CT molecular complexity index is 1100. The van der Waals surface area contributed by atoms with Crippen molar-refractivity contribution in [1.29, 1.82) is 0 Å². The number of hydrogen-bond donors (Lipinski definition) is 0. The summed E-state index contributed by atoms with van der Waals surface area (Å²) in [5, 5.41) is 5.71. The standard InChI is InChI=1S/C17H13N3O4S2/c21-26(22,11-15-19-16(20-24-15)14-7-4-8-25-14)10-13-9-23-17(18-13)12-5-2-1-3-6-12/h1-9H,10-11H2. The van der Waals surface area contributed by atoms with E-state index in [2.05, 4.69) is 15.1 Å². The molecular weight excluding hydrogens is 374 g/mol. The smallest absolute Gasteiger partial charge is 0.242 e. The Balaban J connectivity index is 1.47. The van der Waals surface area contributed by atoms with Gasteiger partial charge in [0.15, 0.2) is 9.84 Å². The van der Waals surface area contributed by atoms with Gasteiger partial charge < -0.3 is 8.94 Å². The van der Waals surface area contributed by atoms with Gasteiger partial charge in [0.2, 0.25) is 17.6 Å². The summed E-state index contributed by atoms with van der Waals surface area (Å²) in [6.07, 6.45) is 1.35. The minimum absolute atomic E-state index is 0.0557. The summed E-state index contributed by atoms with van der Waals surface area (Å²) >= 11 is 1.45. The molecule has 3 aromatic heterocycles. The molecule has 0 aliphatic rings. The maximum Gasteiger partial charge on any atom is 0.242 e. The number of nitrogens with zero attached hydrogens (tertiary/aromatic N) is 3. The second-order valence-electron chi connectivity index (χ2n) is 5.53. The lowest BCUT2D eigenvalue weighted by atomic mass is 10.2. The van der Waals surface area contributed by atoms with Crippen LogP contribution in [0.5, 0.6) is 0 Å². The van der Waals surface area contributed by atoms with E-state index >= 15 is 0 Å². The Hall–Kier alpha value is -2.78. The van der Waals surface area contributed by atoms with Crippen molar-refractivity contribution < 1.29 is 17.4 Å². The molecule has 132 valence electrons. The maximum absolute atomic E-state index is 12.4. The molecule has 0 fully saturated rings. The van der Waals surface area contributed by atoms with Gasteiger partial charge in [-0.1, -0.05) is 29.4 Å². The Morgan fingerprint density at radius 1 is 1.00 bits per heavy atom. The first-order valence-corrected chi connectivity index (χ1v) is 10.4. The Morgan fingerprint density at radius 3 is 2.62 bits per heavy atom. The van der Waals surface area contributed by atoms with E-state index in [4.69, 9.17) is 8.94 Å². The van der Waals surface area contributed by atoms with Gasteiger partial charge in [0.05, 0.1) is 16.3 Å². The predicted octanol–water partition coefficient (Wildman–Crippen LogP) is 3.57. The Kier molecular flexibility index (Phi) is 4.39. The molecule has 0 saturated heterocycles. The van der Waals surface area contributed by atoms with Gasteiger partial charge in [0, 0.05) is 5.56 Å². The summed E-state index contributed by atoms with van der Waals surface area (Å²) in [7, 11) is -3.53. The molecule has 0 spiro atoms. The Morgan fingerprint density at radius 2 is 1.85 bits per heavy atom. The van der Waals surface area contributed by atoms with Gasteiger partial charge in [-0.15, -0.1) is 11.3 Å². The van der Waals surface area contributed by atoms with Crippen LogP contribution in [0.25, 0.3) is 22.2 Å². The zero-order valence-corrected chi connectivity index (χ0v) is 15.0. The lowest BCUT2D eigenvalue weighted by Gasteiger charge is -1.97. The average Bonchev–Trinajstić information content (AvgIpc) is 3.36. The van der Waals surface area contributed by atoms with Crippen LogP contribution in [-0.4, -0.2) is 23.5 Å². The van der Waals surface area contributed by atoms with E-state index in [9.17, 15) is 8.42 Å². The van der Waals surface area contributed by atoms with Crippen molar-refractivity contribution in [3.8, 4) is 22.2 Å². The highest BCUT2D eigenvalue weighted by Gasteiger charge is 2.21. The van der Waals surface area contributed by atoms with E-state index in [1.165, 1.54) is 17.6 Å². The number of rotatable bonds is 6. The van der Waals surface area contributed by atoms with Crippen LogP contribution in [-0.2, 0) is 21.3 Å². The van der Waals surface area contributed by atoms with Crippen LogP contribution in [0.1, 0.15) is 11.6 Å². The van der Waals surface area contributed by atoms with Crippen molar-refractivity contribution in [2.75, 3.05) is 0 Å². The molecule has 3 heterocycles. The largest absolute Gasteiger partial charge is 0.444 e. The van der Waals surface area contributed by atoms with E-state index in [1.807, 2.05) is 47.8 Å². The van der Waals surface area contributed by atoms with Crippen LogP contribution in [0.2, 0.25) is 0 Å². The zero-order chi connectivity index (χ0) is 18.0. The first-order valence-electron chi connectivity index (χ1n) is 7.66. The SMILES string of the molecule is O=S(=O)(Cc1coc(-c2ccccc2)n1)Cc1nc(-c2cccs2)no1. The van der Waals surface area contributed by atoms with Crippen LogP contribution in [0.4, 0.5) is 0 Å². The van der Waals surface area contributed by atoms with Crippen molar-refractivity contribution in [3.63, 3.8) is 0 Å². The third kappa shape index (κ3) is 3.73. The molecule has 0 aliphatic carbocycles. The molecular formula is C17H13N3O4S2. The van der Waals surface area contributed by atoms with E-state index in [0.717, 1.165) is 10.4 Å². The number of benzene rings is 1. The molecule has 0 bridgehead atoms. The zero-order valence-electron chi connectivity index (χ0n) is 13.4. The average molecular weight is 387 g/mol. The van der Waals surface area contributed by atoms with Crippen molar-refractivity contribution in [2.24, 2.45) is 0 Å². The summed E-state index contributed by atoms with van der Waals surface area (Å²) in [5.41, 5.74) is 1.12. The highest BCUT2D eigenvalue weighted by Crippen LogP contribution is 2.23. The third-order valence-corrected chi connectivity index (χ3v) is 5.78. The fourth-order valence-electron chi connectivity index (χ4n) is 2.37. The van der Waals surface area contributed by atoms with Crippen molar-refractivity contribution >= 4 is 21.2 Å². The van der Waals surface area contributed by atoms with E-state index < -0.39 is 9.84 Å². The lowest BCUT2D eigenvalue weighted by molar-refractivity contribution is 0.389. The molecule has 26 heavy (non-hydrogen) atoms. The number of aromatic nitrogens is 3. The lowest BCUT2D eigenvalue weighted by Crippen LogP contribution is -2.08. The van der Waals surface area contributed by atoms with Gasteiger partial charge in [-0.2, -0.15) is 4.98 Å². The molecule has 4 aromatic rings. The molecule has 0 N–H and O–H groups in total. The number of oxazole rings is 1. The van der Waals surface area contributed by atoms with Crippen LogP contribution in [0, 0.1) is 0 Å². The quantitative estimate of drug-likeness (QED) is 0.499. The highest BCUT2D eigenvalue weighted by molar-refractivity contribution is 7.89. The van der Waals surface area contributed by atoms with E-state index in [-0.39, 0.29) is 17.4 Å². The van der Waals surface area contributed by atoms with Gasteiger partial charge in [0.25, 0.3) is 0 Å². The van der Waals surface area contributed by atoms with Gasteiger partial charge in [-0.05, 0) is 23.6 Å². The number of sulfone groups is 1. The minimum atomic E-state index is -3.53. The molecule has 0 aliphatic heterocycles. The van der Waals surface area contributed by atoms with Crippen LogP contribution >= 0.6 is 11.3 Å². The second-order valence-corrected chi connectivity index (χ2v) is 8.54. The molecule has 0 radical (unpaired) electrons. The fraction of sp³-hybridized carbons (Fsp3) is 0.118. The van der Waals surface area contributed by atoms with E-state index in [1.54, 1.807) is 0 Å². The summed E-state index contributed by atoms with van der Waals surface area (Å²) in [5.74, 6) is 0.214. The first-order chi connectivity index (χ1) is 12.6. The van der Waals surface area contributed by atoms with Gasteiger partial charge in [-0.25, -0.2) is 13.4 Å². The molecule has 0 amide bonds. The summed E-state index contributed by atoms with van der Waals surface area (Å²) < 4.78 is 35.2. The summed E-state index contributed by atoms with van der Waals surface area (Å²) in [6.45, 7) is 0. The fourth-order valence-corrected chi connectivity index (χ4v) is 4.20. The maximum atomic E-state index is 12.4. The molecule has 9 heteroatoms. The highest BCUT2D eigenvalue weighted by atomic mass is 32.2. The van der Waals surface area contributed by atoms with Gasteiger partial charge >= 0.3 is 0 Å². The molecule has 0 saturated carbocycles. The minimum Gasteiger partial charge on any atom is -0.444 e. The van der Waals surface area contributed by atoms with Crippen molar-refractivity contribution in [3.05, 3.63) is 65.7 Å². The van der Waals surface area contributed by atoms with Gasteiger partial charge in [0.1, 0.15) is 12.0 Å². The first kappa shape index (κ1) is 16.7. The molecule has 7 nitrogen and oxygen atoms in total. The third-order valence-electron chi connectivity index (χ3n) is 3.49. The number of hydrogen-bond acceptors (Lipinski definition) is 8. The monoisotopic (exact) mass is 387 g/mol. The number of thiophene rings is 1. The topological polar surface area (TPSA) is 99.1 Å². The summed E-state index contributed by atoms with van der Waals surface area (Å²) in [4.78, 5) is 9.21. The van der Waals surface area contributed by atoms with E-state index in [0.29, 0.717) is 17.4 Å². The second kappa shape index (κ2) is 6.85. The normalized spacial score (nSPS) is 11.7. The summed E-state index contributed by atoms with van der Waals surface area (Å²) in [6, 6.07) is 13.0. The molecule has 4 rings (SSSR count). The van der Waals surface area contributed by atoms with Crippen LogP contribution < -0.4 is 0 Å². The Labute approximate surface area is 153 Å². The molecule has 0 unspecified atom stereocenters. The van der Waals surface area contributed by atoms with Crippen molar-refractivity contribution in [2.45, 2.75) is 11.5 Å². The van der Waals surface area contributed by atoms with Crippen LogP contribution in [0.3, 0.4) is 0 Å². The predicted molar refractivity (Wildman–Crippen MR) is 95.9 cm³/mol. The molecule has 1 aromatic carbocycles.